The SMILES string of the molecule is Cc1ccc(C(=O)Oc2ccc(C#Cc3cc[n+](C)cc3)cc2)cc1. The maximum absolute atomic E-state index is 12.1. The third kappa shape index (κ3) is 4.55. The number of aryl methyl sites for hydroxylation is 2. The van der Waals surface area contributed by atoms with Crippen LogP contribution in [-0.4, -0.2) is 5.97 Å². The van der Waals surface area contributed by atoms with Crippen molar-refractivity contribution in [3.63, 3.8) is 0 Å². The highest BCUT2D eigenvalue weighted by atomic mass is 16.5. The van der Waals surface area contributed by atoms with Gasteiger partial charge in [0.15, 0.2) is 12.4 Å². The summed E-state index contributed by atoms with van der Waals surface area (Å²) < 4.78 is 7.34. The predicted octanol–water partition coefficient (Wildman–Crippen LogP) is 3.44. The normalized spacial score (nSPS) is 9.84. The molecule has 3 rings (SSSR count). The van der Waals surface area contributed by atoms with Gasteiger partial charge in [-0.15, -0.1) is 0 Å². The summed E-state index contributed by atoms with van der Waals surface area (Å²) in [6.07, 6.45) is 3.91. The number of pyridine rings is 1. The smallest absolute Gasteiger partial charge is 0.343 e. The minimum absolute atomic E-state index is 0.365. The van der Waals surface area contributed by atoms with Gasteiger partial charge in [-0.1, -0.05) is 29.5 Å². The van der Waals surface area contributed by atoms with Gasteiger partial charge in [-0.3, -0.25) is 0 Å². The lowest BCUT2D eigenvalue weighted by atomic mass is 10.1. The van der Waals surface area contributed by atoms with E-state index in [1.54, 1.807) is 24.3 Å². The molecule has 1 heterocycles. The highest BCUT2D eigenvalue weighted by Gasteiger charge is 2.07. The standard InChI is InChI=1S/C22H18NO2/c1-17-3-9-20(10-4-17)22(24)25-21-11-7-18(8-12-21)5-6-19-13-15-23(2)16-14-19/h3-4,7-16H,1-2H3/q+1. The molecule has 122 valence electrons. The van der Waals surface area contributed by atoms with Crippen molar-refractivity contribution in [2.24, 2.45) is 7.05 Å². The van der Waals surface area contributed by atoms with Gasteiger partial charge in [-0.25, -0.2) is 9.36 Å². The van der Waals surface area contributed by atoms with Crippen LogP contribution in [0.5, 0.6) is 5.75 Å². The first-order valence-electron chi connectivity index (χ1n) is 7.96. The number of rotatable bonds is 2. The minimum Gasteiger partial charge on any atom is -0.423 e. The summed E-state index contributed by atoms with van der Waals surface area (Å²) in [6.45, 7) is 1.98. The number of benzene rings is 2. The molecular weight excluding hydrogens is 310 g/mol. The van der Waals surface area contributed by atoms with E-state index in [4.69, 9.17) is 4.74 Å². The molecule has 0 unspecified atom stereocenters. The summed E-state index contributed by atoms with van der Waals surface area (Å²) in [5.74, 6) is 6.35. The van der Waals surface area contributed by atoms with Crippen molar-refractivity contribution in [2.45, 2.75) is 6.92 Å². The number of aromatic nitrogens is 1. The first kappa shape index (κ1) is 16.5. The molecule has 0 aliphatic rings. The average molecular weight is 328 g/mol. The van der Waals surface area contributed by atoms with Crippen LogP contribution < -0.4 is 9.30 Å². The molecule has 3 aromatic rings. The van der Waals surface area contributed by atoms with Gasteiger partial charge in [0.2, 0.25) is 0 Å². The Balaban J connectivity index is 1.67. The molecule has 0 saturated heterocycles. The zero-order valence-corrected chi connectivity index (χ0v) is 14.2. The van der Waals surface area contributed by atoms with Crippen molar-refractivity contribution in [3.8, 4) is 17.6 Å². The Morgan fingerprint density at radius 3 is 2.00 bits per heavy atom. The van der Waals surface area contributed by atoms with Crippen molar-refractivity contribution >= 4 is 5.97 Å². The van der Waals surface area contributed by atoms with Gasteiger partial charge >= 0.3 is 5.97 Å². The predicted molar refractivity (Wildman–Crippen MR) is 96.2 cm³/mol. The zero-order valence-electron chi connectivity index (χ0n) is 14.2. The molecule has 0 aliphatic carbocycles. The molecule has 0 aliphatic heterocycles. The van der Waals surface area contributed by atoms with Crippen LogP contribution in [0.15, 0.2) is 73.1 Å². The van der Waals surface area contributed by atoms with Crippen LogP contribution in [0.25, 0.3) is 0 Å². The number of hydrogen-bond acceptors (Lipinski definition) is 2. The second-order valence-electron chi connectivity index (χ2n) is 5.78. The maximum Gasteiger partial charge on any atom is 0.343 e. The summed E-state index contributed by atoms with van der Waals surface area (Å²) in [5, 5.41) is 0. The molecule has 0 atom stereocenters. The first-order chi connectivity index (χ1) is 12.1. The Morgan fingerprint density at radius 1 is 0.840 bits per heavy atom. The minimum atomic E-state index is -0.365. The molecule has 0 saturated carbocycles. The third-order valence-electron chi connectivity index (χ3n) is 3.68. The lowest BCUT2D eigenvalue weighted by Crippen LogP contribution is -2.25. The van der Waals surface area contributed by atoms with Gasteiger partial charge in [0.25, 0.3) is 0 Å². The number of hydrogen-bond donors (Lipinski definition) is 0. The number of ether oxygens (including phenoxy) is 1. The Kier molecular flexibility index (Phi) is 4.92. The van der Waals surface area contributed by atoms with E-state index >= 15 is 0 Å². The summed E-state index contributed by atoms with van der Waals surface area (Å²) >= 11 is 0. The fourth-order valence-corrected chi connectivity index (χ4v) is 2.19. The molecule has 0 N–H and O–H groups in total. The topological polar surface area (TPSA) is 30.2 Å². The maximum atomic E-state index is 12.1. The first-order valence-corrected chi connectivity index (χ1v) is 7.96. The lowest BCUT2D eigenvalue weighted by Gasteiger charge is -2.04. The van der Waals surface area contributed by atoms with Gasteiger partial charge in [0.05, 0.1) is 5.56 Å². The van der Waals surface area contributed by atoms with Crippen LogP contribution in [-0.2, 0) is 7.05 Å². The van der Waals surface area contributed by atoms with E-state index in [0.29, 0.717) is 11.3 Å². The van der Waals surface area contributed by atoms with Crippen molar-refractivity contribution in [1.29, 1.82) is 0 Å². The molecule has 0 radical (unpaired) electrons. The van der Waals surface area contributed by atoms with E-state index in [9.17, 15) is 4.79 Å². The molecule has 0 bridgehead atoms. The fourth-order valence-electron chi connectivity index (χ4n) is 2.19. The van der Waals surface area contributed by atoms with Crippen LogP contribution in [0.1, 0.15) is 27.0 Å². The van der Waals surface area contributed by atoms with E-state index in [0.717, 1.165) is 16.7 Å². The van der Waals surface area contributed by atoms with E-state index in [-0.39, 0.29) is 5.97 Å². The number of esters is 1. The van der Waals surface area contributed by atoms with Gasteiger partial charge < -0.3 is 4.74 Å². The van der Waals surface area contributed by atoms with Crippen molar-refractivity contribution in [1.82, 2.24) is 0 Å². The molecule has 0 spiro atoms. The average Bonchev–Trinajstić information content (AvgIpc) is 2.63. The highest BCUT2D eigenvalue weighted by Crippen LogP contribution is 2.14. The van der Waals surface area contributed by atoms with Gasteiger partial charge in [-0.05, 0) is 43.3 Å². The lowest BCUT2D eigenvalue weighted by molar-refractivity contribution is -0.671. The number of nitrogens with zero attached hydrogens (tertiary/aromatic N) is 1. The van der Waals surface area contributed by atoms with Crippen molar-refractivity contribution in [3.05, 3.63) is 95.3 Å². The Morgan fingerprint density at radius 2 is 1.40 bits per heavy atom. The second-order valence-corrected chi connectivity index (χ2v) is 5.78. The number of carbonyl (C=O) groups is 1. The Labute approximate surface area is 147 Å². The second kappa shape index (κ2) is 7.46. The van der Waals surface area contributed by atoms with E-state index in [1.807, 2.05) is 67.3 Å². The quantitative estimate of drug-likeness (QED) is 0.312. The Bertz CT molecular complexity index is 929. The van der Waals surface area contributed by atoms with Crippen molar-refractivity contribution in [2.75, 3.05) is 0 Å². The van der Waals surface area contributed by atoms with Gasteiger partial charge in [-0.2, -0.15) is 0 Å². The largest absolute Gasteiger partial charge is 0.423 e. The monoisotopic (exact) mass is 328 g/mol. The zero-order chi connectivity index (χ0) is 17.6. The highest BCUT2D eigenvalue weighted by molar-refractivity contribution is 5.91. The summed E-state index contributed by atoms with van der Waals surface area (Å²) in [5.41, 5.74) is 3.45. The van der Waals surface area contributed by atoms with Crippen LogP contribution in [0, 0.1) is 18.8 Å². The van der Waals surface area contributed by atoms with E-state index in [2.05, 4.69) is 11.8 Å². The number of carbonyl (C=O) groups excluding carboxylic acids is 1. The molecule has 3 heteroatoms. The third-order valence-corrected chi connectivity index (χ3v) is 3.68. The summed E-state index contributed by atoms with van der Waals surface area (Å²) in [6, 6.07) is 18.4. The van der Waals surface area contributed by atoms with Crippen LogP contribution in [0.3, 0.4) is 0 Å². The van der Waals surface area contributed by atoms with Crippen LogP contribution in [0.2, 0.25) is 0 Å². The van der Waals surface area contributed by atoms with Crippen LogP contribution >= 0.6 is 0 Å². The van der Waals surface area contributed by atoms with Crippen LogP contribution in [0.4, 0.5) is 0 Å². The summed E-state index contributed by atoms with van der Waals surface area (Å²) in [7, 11) is 1.97. The molecule has 0 amide bonds. The molecule has 1 aromatic heterocycles. The molecule has 3 nitrogen and oxygen atoms in total. The molecule has 2 aromatic carbocycles. The molecule has 0 fully saturated rings. The van der Waals surface area contributed by atoms with Gasteiger partial charge in [0, 0.05) is 23.3 Å². The summed E-state index contributed by atoms with van der Waals surface area (Å²) in [4.78, 5) is 12.1. The molecular formula is C22H18NO2+. The van der Waals surface area contributed by atoms with E-state index in [1.165, 1.54) is 0 Å². The van der Waals surface area contributed by atoms with E-state index < -0.39 is 0 Å². The Hall–Kier alpha value is -3.38. The molecule has 25 heavy (non-hydrogen) atoms. The fraction of sp³-hybridized carbons (Fsp3) is 0.0909. The van der Waals surface area contributed by atoms with Crippen molar-refractivity contribution < 1.29 is 14.1 Å². The van der Waals surface area contributed by atoms with Gasteiger partial charge in [0.1, 0.15) is 12.8 Å².